The largest absolute Gasteiger partial charge is 0.454 e. The van der Waals surface area contributed by atoms with Crippen LogP contribution in [0.15, 0.2) is 48.5 Å². The van der Waals surface area contributed by atoms with Crippen LogP contribution < -0.4 is 9.47 Å². The Balaban J connectivity index is 1.50. The molecule has 146 valence electrons. The summed E-state index contributed by atoms with van der Waals surface area (Å²) >= 11 is 5.82. The number of fused-ring (bicyclic) bond motifs is 1. The van der Waals surface area contributed by atoms with E-state index in [0.717, 1.165) is 11.1 Å². The van der Waals surface area contributed by atoms with E-state index in [1.807, 2.05) is 25.1 Å². The highest BCUT2D eigenvalue weighted by Gasteiger charge is 2.17. The molecule has 0 saturated heterocycles. The molecular weight excluding hydrogens is 382 g/mol. The monoisotopic (exact) mass is 401 g/mol. The number of rotatable bonds is 7. The lowest BCUT2D eigenvalue weighted by atomic mass is 10.2. The van der Waals surface area contributed by atoms with Crippen molar-refractivity contribution in [3.05, 3.63) is 64.7 Å². The Morgan fingerprint density at radius 2 is 1.89 bits per heavy atom. The lowest BCUT2D eigenvalue weighted by Gasteiger charge is -2.20. The first-order valence-corrected chi connectivity index (χ1v) is 9.19. The van der Waals surface area contributed by atoms with Crippen molar-refractivity contribution in [1.29, 1.82) is 0 Å². The Morgan fingerprint density at radius 3 is 2.64 bits per heavy atom. The number of nitrogens with zero attached hydrogens (tertiary/aromatic N) is 1. The van der Waals surface area contributed by atoms with Crippen LogP contribution in [0.25, 0.3) is 6.08 Å². The van der Waals surface area contributed by atoms with Crippen molar-refractivity contribution in [2.24, 2.45) is 0 Å². The molecule has 0 N–H and O–H groups in total. The second kappa shape index (κ2) is 9.28. The van der Waals surface area contributed by atoms with Gasteiger partial charge in [-0.05, 0) is 48.4 Å². The number of hydrogen-bond donors (Lipinski definition) is 0. The van der Waals surface area contributed by atoms with Crippen LogP contribution in [0.4, 0.5) is 0 Å². The van der Waals surface area contributed by atoms with Crippen molar-refractivity contribution in [1.82, 2.24) is 4.90 Å². The smallest absolute Gasteiger partial charge is 0.331 e. The molecule has 3 rings (SSSR count). The van der Waals surface area contributed by atoms with Crippen LogP contribution >= 0.6 is 11.6 Å². The fraction of sp³-hybridized carbons (Fsp3) is 0.238. The molecule has 6 nitrogen and oxygen atoms in total. The first kappa shape index (κ1) is 19.8. The highest BCUT2D eigenvalue weighted by atomic mass is 35.5. The third-order valence-electron chi connectivity index (χ3n) is 4.16. The zero-order valence-electron chi connectivity index (χ0n) is 15.4. The lowest BCUT2D eigenvalue weighted by molar-refractivity contribution is -0.148. The minimum atomic E-state index is -0.581. The van der Waals surface area contributed by atoms with Crippen molar-refractivity contribution in [2.45, 2.75) is 13.5 Å². The van der Waals surface area contributed by atoms with Gasteiger partial charge in [0.25, 0.3) is 5.91 Å². The summed E-state index contributed by atoms with van der Waals surface area (Å²) in [6.07, 6.45) is 2.89. The van der Waals surface area contributed by atoms with Crippen LogP contribution in [-0.2, 0) is 20.9 Å². The quantitative estimate of drug-likeness (QED) is 0.523. The Kier molecular flexibility index (Phi) is 6.55. The summed E-state index contributed by atoms with van der Waals surface area (Å²) in [7, 11) is 0. The molecule has 0 atom stereocenters. The molecule has 0 aliphatic carbocycles. The van der Waals surface area contributed by atoms with Gasteiger partial charge in [0.05, 0.1) is 0 Å². The fourth-order valence-corrected chi connectivity index (χ4v) is 2.77. The zero-order valence-corrected chi connectivity index (χ0v) is 16.1. The third kappa shape index (κ3) is 5.27. The van der Waals surface area contributed by atoms with E-state index in [2.05, 4.69) is 0 Å². The van der Waals surface area contributed by atoms with Crippen molar-refractivity contribution >= 4 is 29.6 Å². The van der Waals surface area contributed by atoms with Crippen molar-refractivity contribution in [3.8, 4) is 11.5 Å². The van der Waals surface area contributed by atoms with Crippen molar-refractivity contribution in [3.63, 3.8) is 0 Å². The number of carbonyl (C=O) groups is 2. The molecule has 0 bridgehead atoms. The number of likely N-dealkylation sites (N-methyl/N-ethyl adjacent to an activating group) is 1. The van der Waals surface area contributed by atoms with Gasteiger partial charge < -0.3 is 19.1 Å². The molecule has 0 spiro atoms. The molecule has 1 amide bonds. The van der Waals surface area contributed by atoms with E-state index in [1.54, 1.807) is 35.2 Å². The topological polar surface area (TPSA) is 65.1 Å². The van der Waals surface area contributed by atoms with Gasteiger partial charge >= 0.3 is 5.97 Å². The summed E-state index contributed by atoms with van der Waals surface area (Å²) < 4.78 is 15.7. The summed E-state index contributed by atoms with van der Waals surface area (Å²) in [4.78, 5) is 25.8. The van der Waals surface area contributed by atoms with Crippen LogP contribution in [0.3, 0.4) is 0 Å². The van der Waals surface area contributed by atoms with Crippen LogP contribution in [-0.4, -0.2) is 36.7 Å². The van der Waals surface area contributed by atoms with Gasteiger partial charge in [-0.15, -0.1) is 0 Å². The van der Waals surface area contributed by atoms with Crippen molar-refractivity contribution < 1.29 is 23.8 Å². The summed E-state index contributed by atoms with van der Waals surface area (Å²) in [5.41, 5.74) is 1.72. The Morgan fingerprint density at radius 1 is 1.14 bits per heavy atom. The molecule has 0 radical (unpaired) electrons. The number of hydrogen-bond acceptors (Lipinski definition) is 5. The number of esters is 1. The lowest BCUT2D eigenvalue weighted by Crippen LogP contribution is -2.33. The summed E-state index contributed by atoms with van der Waals surface area (Å²) in [5.74, 6) is 0.509. The maximum atomic E-state index is 12.4. The predicted molar refractivity (Wildman–Crippen MR) is 105 cm³/mol. The number of halogens is 1. The molecule has 28 heavy (non-hydrogen) atoms. The first-order chi connectivity index (χ1) is 13.5. The molecule has 1 aliphatic rings. The van der Waals surface area contributed by atoms with E-state index < -0.39 is 5.97 Å². The van der Waals surface area contributed by atoms with Gasteiger partial charge in [-0.25, -0.2) is 4.79 Å². The molecule has 0 aromatic heterocycles. The Bertz CT molecular complexity index is 879. The second-order valence-electron chi connectivity index (χ2n) is 6.09. The van der Waals surface area contributed by atoms with Crippen LogP contribution in [0.2, 0.25) is 5.02 Å². The summed E-state index contributed by atoms with van der Waals surface area (Å²) in [5, 5.41) is 0.618. The molecule has 0 fully saturated rings. The molecule has 1 heterocycles. The van der Waals surface area contributed by atoms with E-state index in [4.69, 9.17) is 25.8 Å². The van der Waals surface area contributed by atoms with Crippen LogP contribution in [0.5, 0.6) is 11.5 Å². The molecule has 0 saturated carbocycles. The van der Waals surface area contributed by atoms with E-state index in [1.165, 1.54) is 6.08 Å². The van der Waals surface area contributed by atoms with Crippen LogP contribution in [0, 0.1) is 0 Å². The average Bonchev–Trinajstić information content (AvgIpc) is 3.17. The second-order valence-corrected chi connectivity index (χ2v) is 6.52. The normalized spacial score (nSPS) is 12.2. The summed E-state index contributed by atoms with van der Waals surface area (Å²) in [6, 6.07) is 12.6. The highest BCUT2D eigenvalue weighted by Crippen LogP contribution is 2.32. The number of ether oxygens (including phenoxy) is 3. The minimum absolute atomic E-state index is 0.203. The highest BCUT2D eigenvalue weighted by molar-refractivity contribution is 6.30. The molecule has 7 heteroatoms. The summed E-state index contributed by atoms with van der Waals surface area (Å²) in [6.45, 7) is 2.64. The van der Waals surface area contributed by atoms with Gasteiger partial charge in [0.1, 0.15) is 0 Å². The van der Waals surface area contributed by atoms with Gasteiger partial charge in [0, 0.05) is 24.2 Å². The van der Waals surface area contributed by atoms with E-state index in [-0.39, 0.29) is 19.3 Å². The minimum Gasteiger partial charge on any atom is -0.454 e. The van der Waals surface area contributed by atoms with E-state index >= 15 is 0 Å². The molecule has 0 unspecified atom stereocenters. The number of carbonyl (C=O) groups excluding carboxylic acids is 2. The zero-order chi connectivity index (χ0) is 19.9. The molecule has 2 aromatic carbocycles. The van der Waals surface area contributed by atoms with Crippen LogP contribution in [0.1, 0.15) is 18.1 Å². The number of benzene rings is 2. The maximum Gasteiger partial charge on any atom is 0.331 e. The van der Waals surface area contributed by atoms with E-state index in [0.29, 0.717) is 29.6 Å². The first-order valence-electron chi connectivity index (χ1n) is 8.82. The van der Waals surface area contributed by atoms with E-state index in [9.17, 15) is 9.59 Å². The standard InChI is InChI=1S/C21H20ClNO5/c1-2-23(12-16-5-9-18-19(11-16)28-14-27-18)20(24)13-26-21(25)10-6-15-3-7-17(22)8-4-15/h3-11H,2,12-14H2,1H3/b10-6+. The Labute approximate surface area is 168 Å². The third-order valence-corrected chi connectivity index (χ3v) is 4.42. The predicted octanol–water partition coefficient (Wildman–Crippen LogP) is 3.67. The molecular formula is C21H20ClNO5. The SMILES string of the molecule is CCN(Cc1ccc2c(c1)OCO2)C(=O)COC(=O)/C=C/c1ccc(Cl)cc1. The van der Waals surface area contributed by atoms with Gasteiger partial charge in [0.2, 0.25) is 6.79 Å². The van der Waals surface area contributed by atoms with Crippen molar-refractivity contribution in [2.75, 3.05) is 19.9 Å². The van der Waals surface area contributed by atoms with Gasteiger partial charge in [0.15, 0.2) is 18.1 Å². The number of amides is 1. The maximum absolute atomic E-state index is 12.4. The molecule has 2 aromatic rings. The van der Waals surface area contributed by atoms with Gasteiger partial charge in [-0.3, -0.25) is 4.79 Å². The molecule has 1 aliphatic heterocycles. The Hall–Kier alpha value is -2.99. The van der Waals surface area contributed by atoms with Gasteiger partial charge in [-0.1, -0.05) is 29.8 Å². The fourth-order valence-electron chi connectivity index (χ4n) is 2.65. The van der Waals surface area contributed by atoms with Gasteiger partial charge in [-0.2, -0.15) is 0 Å². The average molecular weight is 402 g/mol.